The number of benzene rings is 3. The third-order valence-electron chi connectivity index (χ3n) is 5.90. The number of rotatable bonds is 4. The maximum Gasteiger partial charge on any atom is 0.291 e. The maximum atomic E-state index is 13.5. The summed E-state index contributed by atoms with van der Waals surface area (Å²) in [6.07, 6.45) is 0.880. The summed E-state index contributed by atoms with van der Waals surface area (Å²) in [5.41, 5.74) is 3.06. The number of fused-ring (bicyclic) bond motifs is 2. The van der Waals surface area contributed by atoms with E-state index < -0.39 is 6.04 Å². The van der Waals surface area contributed by atoms with Gasteiger partial charge in [0.2, 0.25) is 5.76 Å². The highest BCUT2D eigenvalue weighted by Gasteiger charge is 2.42. The first-order chi connectivity index (χ1) is 15.5. The molecule has 1 aliphatic rings. The molecule has 0 saturated carbocycles. The molecule has 4 aromatic rings. The molecule has 160 valence electrons. The van der Waals surface area contributed by atoms with E-state index in [9.17, 15) is 14.0 Å². The van der Waals surface area contributed by atoms with Crippen molar-refractivity contribution in [1.29, 1.82) is 0 Å². The van der Waals surface area contributed by atoms with Crippen molar-refractivity contribution in [2.75, 3.05) is 0 Å². The average Bonchev–Trinajstić information content (AvgIpc) is 3.08. The highest BCUT2D eigenvalue weighted by atomic mass is 35.5. The third kappa shape index (κ3) is 3.39. The van der Waals surface area contributed by atoms with Gasteiger partial charge in [0.25, 0.3) is 5.91 Å². The molecule has 1 aromatic heterocycles. The SMILES string of the molecule is CCc1ccc([C@@H]2c3c(oc4ccc(Cl)cc4c3=O)C(=O)N2Cc2ccc(F)cc2)cc1. The molecule has 1 amide bonds. The van der Waals surface area contributed by atoms with E-state index >= 15 is 0 Å². The van der Waals surface area contributed by atoms with Crippen LogP contribution >= 0.6 is 11.6 Å². The van der Waals surface area contributed by atoms with Gasteiger partial charge in [-0.3, -0.25) is 9.59 Å². The van der Waals surface area contributed by atoms with Crippen LogP contribution in [-0.4, -0.2) is 10.8 Å². The molecule has 0 bridgehead atoms. The third-order valence-corrected chi connectivity index (χ3v) is 6.13. The lowest BCUT2D eigenvalue weighted by molar-refractivity contribution is 0.0714. The lowest BCUT2D eigenvalue weighted by Crippen LogP contribution is -2.29. The van der Waals surface area contributed by atoms with Crippen LogP contribution in [0.25, 0.3) is 11.0 Å². The zero-order valence-electron chi connectivity index (χ0n) is 17.3. The van der Waals surface area contributed by atoms with Crippen LogP contribution in [0.4, 0.5) is 4.39 Å². The Bertz CT molecular complexity index is 1390. The molecule has 1 aliphatic heterocycles. The van der Waals surface area contributed by atoms with Crippen molar-refractivity contribution in [1.82, 2.24) is 4.90 Å². The number of amides is 1. The van der Waals surface area contributed by atoms with Gasteiger partial charge in [0.05, 0.1) is 17.0 Å². The predicted molar refractivity (Wildman–Crippen MR) is 121 cm³/mol. The fourth-order valence-corrected chi connectivity index (χ4v) is 4.40. The second-order valence-corrected chi connectivity index (χ2v) is 8.31. The largest absolute Gasteiger partial charge is 0.450 e. The minimum atomic E-state index is -0.618. The normalized spacial score (nSPS) is 15.4. The minimum absolute atomic E-state index is 0.0384. The molecule has 0 fully saturated rings. The molecule has 32 heavy (non-hydrogen) atoms. The van der Waals surface area contributed by atoms with Gasteiger partial charge in [0, 0.05) is 11.6 Å². The summed E-state index contributed by atoms with van der Waals surface area (Å²) in [7, 11) is 0. The summed E-state index contributed by atoms with van der Waals surface area (Å²) < 4.78 is 19.3. The zero-order chi connectivity index (χ0) is 22.4. The van der Waals surface area contributed by atoms with Crippen molar-refractivity contribution >= 4 is 28.5 Å². The Labute approximate surface area is 188 Å². The molecule has 0 radical (unpaired) electrons. The van der Waals surface area contributed by atoms with E-state index in [4.69, 9.17) is 16.0 Å². The fraction of sp³-hybridized carbons (Fsp3) is 0.154. The van der Waals surface area contributed by atoms with Crippen LogP contribution in [0.5, 0.6) is 0 Å². The number of carbonyl (C=O) groups excluding carboxylic acids is 1. The monoisotopic (exact) mass is 447 g/mol. The second-order valence-electron chi connectivity index (χ2n) is 7.87. The van der Waals surface area contributed by atoms with Crippen molar-refractivity contribution < 1.29 is 13.6 Å². The smallest absolute Gasteiger partial charge is 0.291 e. The fourth-order valence-electron chi connectivity index (χ4n) is 4.22. The highest BCUT2D eigenvalue weighted by Crippen LogP contribution is 2.39. The van der Waals surface area contributed by atoms with Crippen LogP contribution in [0, 0.1) is 5.82 Å². The molecule has 5 rings (SSSR count). The molecular formula is C26H19ClFNO3. The Balaban J connectivity index is 1.70. The van der Waals surface area contributed by atoms with E-state index in [1.54, 1.807) is 35.2 Å². The first-order valence-corrected chi connectivity index (χ1v) is 10.7. The van der Waals surface area contributed by atoms with Gasteiger partial charge < -0.3 is 9.32 Å². The molecule has 0 spiro atoms. The number of hydrogen-bond acceptors (Lipinski definition) is 3. The van der Waals surface area contributed by atoms with Gasteiger partial charge in [-0.2, -0.15) is 0 Å². The number of carbonyl (C=O) groups is 1. The predicted octanol–water partition coefficient (Wildman–Crippen LogP) is 5.89. The standard InChI is InChI=1S/C26H19ClFNO3/c1-2-15-3-7-17(8-4-15)23-22-24(30)20-13-18(27)9-12-21(20)32-25(22)26(31)29(23)14-16-5-10-19(28)11-6-16/h3-13,23H,2,14H2,1H3/t23-/m1/s1. The minimum Gasteiger partial charge on any atom is -0.450 e. The van der Waals surface area contributed by atoms with Gasteiger partial charge in [-0.1, -0.05) is 54.9 Å². The summed E-state index contributed by atoms with van der Waals surface area (Å²) in [5, 5.41) is 0.754. The van der Waals surface area contributed by atoms with Gasteiger partial charge in [0.15, 0.2) is 5.43 Å². The van der Waals surface area contributed by atoms with Crippen LogP contribution in [0.1, 0.15) is 45.8 Å². The number of nitrogens with zero attached hydrogens (tertiary/aromatic N) is 1. The molecule has 3 aromatic carbocycles. The van der Waals surface area contributed by atoms with Crippen molar-refractivity contribution in [3.63, 3.8) is 0 Å². The van der Waals surface area contributed by atoms with Crippen molar-refractivity contribution in [2.24, 2.45) is 0 Å². The summed E-state index contributed by atoms with van der Waals surface area (Å²) in [6.45, 7) is 2.27. The molecule has 0 aliphatic carbocycles. The topological polar surface area (TPSA) is 50.5 Å². The second kappa shape index (κ2) is 7.92. The van der Waals surface area contributed by atoms with Crippen LogP contribution in [0.15, 0.2) is 75.9 Å². The summed E-state index contributed by atoms with van der Waals surface area (Å²) in [4.78, 5) is 28.6. The molecule has 1 atom stereocenters. The van der Waals surface area contributed by atoms with Gasteiger partial charge in [-0.25, -0.2) is 4.39 Å². The quantitative estimate of drug-likeness (QED) is 0.391. The van der Waals surface area contributed by atoms with Crippen molar-refractivity contribution in [3.05, 3.63) is 116 Å². The van der Waals surface area contributed by atoms with E-state index in [2.05, 4.69) is 6.92 Å². The van der Waals surface area contributed by atoms with Gasteiger partial charge in [-0.15, -0.1) is 0 Å². The van der Waals surface area contributed by atoms with Crippen LogP contribution in [0.2, 0.25) is 5.02 Å². The van der Waals surface area contributed by atoms with Crippen LogP contribution in [0.3, 0.4) is 0 Å². The Hall–Kier alpha value is -3.44. The Kier molecular flexibility index (Phi) is 5.06. The molecule has 2 heterocycles. The van der Waals surface area contributed by atoms with Crippen LogP contribution < -0.4 is 5.43 Å². The Morgan fingerprint density at radius 3 is 2.34 bits per heavy atom. The molecule has 0 unspecified atom stereocenters. The zero-order valence-corrected chi connectivity index (χ0v) is 18.0. The lowest BCUT2D eigenvalue weighted by atomic mass is 9.97. The van der Waals surface area contributed by atoms with E-state index in [0.29, 0.717) is 21.6 Å². The lowest BCUT2D eigenvalue weighted by Gasteiger charge is -2.25. The molecule has 0 saturated heterocycles. The van der Waals surface area contributed by atoms with E-state index in [0.717, 1.165) is 23.1 Å². The number of aryl methyl sites for hydroxylation is 1. The molecule has 6 heteroatoms. The Morgan fingerprint density at radius 2 is 1.66 bits per heavy atom. The van der Waals surface area contributed by atoms with Crippen molar-refractivity contribution in [2.45, 2.75) is 25.9 Å². The van der Waals surface area contributed by atoms with Crippen molar-refractivity contribution in [3.8, 4) is 0 Å². The van der Waals surface area contributed by atoms with Crippen LogP contribution in [-0.2, 0) is 13.0 Å². The van der Waals surface area contributed by atoms with Gasteiger partial charge in [0.1, 0.15) is 11.4 Å². The maximum absolute atomic E-state index is 13.5. The summed E-state index contributed by atoms with van der Waals surface area (Å²) in [6, 6.07) is 18.0. The average molecular weight is 448 g/mol. The first kappa shape index (κ1) is 20.5. The Morgan fingerprint density at radius 1 is 0.969 bits per heavy atom. The number of halogens is 2. The molecule has 4 nitrogen and oxygen atoms in total. The van der Waals surface area contributed by atoms with E-state index in [1.165, 1.54) is 12.1 Å². The first-order valence-electron chi connectivity index (χ1n) is 10.4. The molecule has 0 N–H and O–H groups in total. The van der Waals surface area contributed by atoms with E-state index in [1.807, 2.05) is 24.3 Å². The summed E-state index contributed by atoms with van der Waals surface area (Å²) >= 11 is 6.12. The van der Waals surface area contributed by atoms with E-state index in [-0.39, 0.29) is 29.5 Å². The number of hydrogen-bond donors (Lipinski definition) is 0. The van der Waals surface area contributed by atoms with Gasteiger partial charge in [-0.05, 0) is 53.4 Å². The van der Waals surface area contributed by atoms with Gasteiger partial charge >= 0.3 is 0 Å². The molecular weight excluding hydrogens is 429 g/mol. The highest BCUT2D eigenvalue weighted by molar-refractivity contribution is 6.31. The summed E-state index contributed by atoms with van der Waals surface area (Å²) in [5.74, 6) is -0.684.